The smallest absolute Gasteiger partial charge is 0.223 e. The summed E-state index contributed by atoms with van der Waals surface area (Å²) < 4.78 is 4.97. The molecule has 0 bridgehead atoms. The molecule has 0 aliphatic carbocycles. The van der Waals surface area contributed by atoms with Crippen molar-refractivity contribution in [3.8, 4) is 0 Å². The highest BCUT2D eigenvalue weighted by atomic mass is 16.5. The molecule has 0 spiro atoms. The van der Waals surface area contributed by atoms with Gasteiger partial charge in [0.25, 0.3) is 0 Å². The molecule has 140 valence electrons. The third kappa shape index (κ3) is 6.77. The van der Waals surface area contributed by atoms with Gasteiger partial charge in [0.15, 0.2) is 0 Å². The molecule has 0 radical (unpaired) electrons. The van der Waals surface area contributed by atoms with Gasteiger partial charge in [-0.25, -0.2) is 0 Å². The van der Waals surface area contributed by atoms with Gasteiger partial charge < -0.3 is 20.1 Å². The zero-order valence-electron chi connectivity index (χ0n) is 15.7. The van der Waals surface area contributed by atoms with Gasteiger partial charge in [0, 0.05) is 38.7 Å². The number of ether oxygens (including phenoxy) is 1. The first kappa shape index (κ1) is 19.9. The Bertz CT molecular complexity index is 524. The van der Waals surface area contributed by atoms with Crippen LogP contribution in [0.2, 0.25) is 0 Å². The number of likely N-dealkylation sites (tertiary alicyclic amines) is 1. The molecule has 1 saturated heterocycles. The predicted molar refractivity (Wildman–Crippen MR) is 99.5 cm³/mol. The molecule has 1 heterocycles. The third-order valence-electron chi connectivity index (χ3n) is 4.87. The van der Waals surface area contributed by atoms with E-state index in [2.05, 4.69) is 41.4 Å². The molecule has 1 fully saturated rings. The van der Waals surface area contributed by atoms with Crippen LogP contribution in [0.1, 0.15) is 30.9 Å². The van der Waals surface area contributed by atoms with Crippen LogP contribution in [-0.4, -0.2) is 61.4 Å². The minimum Gasteiger partial charge on any atom is -0.389 e. The van der Waals surface area contributed by atoms with Crippen molar-refractivity contribution in [3.63, 3.8) is 0 Å². The van der Waals surface area contributed by atoms with Crippen molar-refractivity contribution in [2.45, 2.75) is 45.3 Å². The topological polar surface area (TPSA) is 61.8 Å². The quantitative estimate of drug-likeness (QED) is 0.751. The third-order valence-corrected chi connectivity index (χ3v) is 4.87. The molecule has 2 unspecified atom stereocenters. The van der Waals surface area contributed by atoms with E-state index >= 15 is 0 Å². The van der Waals surface area contributed by atoms with Crippen LogP contribution in [-0.2, 0) is 16.0 Å². The number of amides is 1. The molecule has 2 N–H and O–H groups in total. The number of carbonyl (C=O) groups is 1. The molecule has 1 aliphatic heterocycles. The van der Waals surface area contributed by atoms with E-state index in [1.807, 2.05) is 6.92 Å². The van der Waals surface area contributed by atoms with Crippen molar-refractivity contribution in [1.29, 1.82) is 0 Å². The van der Waals surface area contributed by atoms with Gasteiger partial charge in [-0.3, -0.25) is 4.79 Å². The molecule has 2 atom stereocenters. The fourth-order valence-electron chi connectivity index (χ4n) is 3.32. The average Bonchev–Trinajstić information content (AvgIpc) is 2.59. The highest BCUT2D eigenvalue weighted by molar-refractivity contribution is 5.78. The number of nitrogens with zero attached hydrogens (tertiary/aromatic N) is 1. The minimum absolute atomic E-state index is 0.0238. The van der Waals surface area contributed by atoms with Crippen molar-refractivity contribution in [3.05, 3.63) is 35.4 Å². The van der Waals surface area contributed by atoms with Crippen LogP contribution in [0.25, 0.3) is 0 Å². The number of aliphatic hydroxyl groups excluding tert-OH is 1. The predicted octanol–water partition coefficient (Wildman–Crippen LogP) is 1.76. The second-order valence-electron chi connectivity index (χ2n) is 7.28. The van der Waals surface area contributed by atoms with Crippen molar-refractivity contribution in [2.75, 3.05) is 33.4 Å². The zero-order chi connectivity index (χ0) is 18.2. The maximum absolute atomic E-state index is 12.4. The van der Waals surface area contributed by atoms with Crippen LogP contribution < -0.4 is 5.32 Å². The molecule has 2 rings (SSSR count). The van der Waals surface area contributed by atoms with E-state index in [9.17, 15) is 9.90 Å². The van der Waals surface area contributed by atoms with Gasteiger partial charge in [-0.2, -0.15) is 0 Å². The van der Waals surface area contributed by atoms with Crippen LogP contribution in [0.15, 0.2) is 24.3 Å². The molecule has 5 nitrogen and oxygen atoms in total. The van der Waals surface area contributed by atoms with Gasteiger partial charge >= 0.3 is 0 Å². The second-order valence-corrected chi connectivity index (χ2v) is 7.28. The van der Waals surface area contributed by atoms with Crippen LogP contribution in [0.5, 0.6) is 0 Å². The fraction of sp³-hybridized carbons (Fsp3) is 0.650. The van der Waals surface area contributed by atoms with E-state index in [0.717, 1.165) is 32.4 Å². The largest absolute Gasteiger partial charge is 0.389 e. The van der Waals surface area contributed by atoms with E-state index in [-0.39, 0.29) is 17.9 Å². The Morgan fingerprint density at radius 3 is 2.56 bits per heavy atom. The highest BCUT2D eigenvalue weighted by Gasteiger charge is 2.24. The number of benzene rings is 1. The number of piperidine rings is 1. The Balaban J connectivity index is 1.71. The summed E-state index contributed by atoms with van der Waals surface area (Å²) in [5.74, 6) is 0.114. The lowest BCUT2D eigenvalue weighted by atomic mass is 9.98. The number of hydrogen-bond acceptors (Lipinski definition) is 4. The number of aryl methyl sites for hydroxylation is 1. The first-order valence-electron chi connectivity index (χ1n) is 9.23. The normalized spacial score (nSPS) is 18.7. The summed E-state index contributed by atoms with van der Waals surface area (Å²) >= 11 is 0. The lowest BCUT2D eigenvalue weighted by molar-refractivity contribution is -0.125. The maximum Gasteiger partial charge on any atom is 0.223 e. The van der Waals surface area contributed by atoms with Crippen LogP contribution in [0, 0.1) is 12.8 Å². The van der Waals surface area contributed by atoms with E-state index in [1.165, 1.54) is 11.1 Å². The molecule has 1 amide bonds. The van der Waals surface area contributed by atoms with Crippen molar-refractivity contribution in [2.24, 2.45) is 5.92 Å². The molecule has 0 saturated carbocycles. The first-order valence-corrected chi connectivity index (χ1v) is 9.23. The molecular formula is C20H32N2O3. The van der Waals surface area contributed by atoms with Crippen molar-refractivity contribution >= 4 is 5.91 Å². The SMILES string of the molecule is COCC(O)CN1CCC(NC(=O)C(C)Cc2ccc(C)cc2)CC1. The standard InChI is InChI=1S/C20H32N2O3/c1-15-4-6-17(7-5-15)12-16(2)20(24)21-18-8-10-22(11-9-18)13-19(23)14-25-3/h4-7,16,18-19,23H,8-14H2,1-3H3,(H,21,24). The summed E-state index contributed by atoms with van der Waals surface area (Å²) in [4.78, 5) is 14.7. The lowest BCUT2D eigenvalue weighted by Crippen LogP contribution is -2.48. The molecular weight excluding hydrogens is 316 g/mol. The summed E-state index contributed by atoms with van der Waals surface area (Å²) in [7, 11) is 1.60. The van der Waals surface area contributed by atoms with E-state index < -0.39 is 6.10 Å². The monoisotopic (exact) mass is 348 g/mol. The van der Waals surface area contributed by atoms with Crippen LogP contribution in [0.4, 0.5) is 0 Å². The van der Waals surface area contributed by atoms with Gasteiger partial charge in [-0.05, 0) is 31.7 Å². The number of carbonyl (C=O) groups excluding carboxylic acids is 1. The Hall–Kier alpha value is -1.43. The Morgan fingerprint density at radius 2 is 1.96 bits per heavy atom. The number of rotatable bonds is 8. The summed E-state index contributed by atoms with van der Waals surface area (Å²) in [6.07, 6.45) is 2.20. The number of nitrogens with one attached hydrogen (secondary N) is 1. The molecule has 0 aromatic heterocycles. The molecule has 1 aromatic rings. The molecule has 5 heteroatoms. The summed E-state index contributed by atoms with van der Waals surface area (Å²) in [5.41, 5.74) is 2.44. The summed E-state index contributed by atoms with van der Waals surface area (Å²) in [6, 6.07) is 8.62. The number of hydrogen-bond donors (Lipinski definition) is 2. The number of aliphatic hydroxyl groups is 1. The molecule has 1 aromatic carbocycles. The van der Waals surface area contributed by atoms with Crippen molar-refractivity contribution in [1.82, 2.24) is 10.2 Å². The van der Waals surface area contributed by atoms with Gasteiger partial charge in [-0.15, -0.1) is 0 Å². The van der Waals surface area contributed by atoms with Crippen molar-refractivity contribution < 1.29 is 14.6 Å². The van der Waals surface area contributed by atoms with Gasteiger partial charge in [0.1, 0.15) is 0 Å². The second kappa shape index (κ2) is 9.90. The van der Waals surface area contributed by atoms with Gasteiger partial charge in [0.05, 0.1) is 12.7 Å². The lowest BCUT2D eigenvalue weighted by Gasteiger charge is -2.33. The Labute approximate surface area is 151 Å². The number of methoxy groups -OCH3 is 1. The van der Waals surface area contributed by atoms with Gasteiger partial charge in [-0.1, -0.05) is 36.8 Å². The number of β-amino-alcohol motifs (C(OH)–C–C–N with tert-alkyl or cyclic N) is 1. The Kier molecular flexibility index (Phi) is 7.88. The van der Waals surface area contributed by atoms with E-state index in [1.54, 1.807) is 7.11 Å². The highest BCUT2D eigenvalue weighted by Crippen LogP contribution is 2.14. The molecule has 25 heavy (non-hydrogen) atoms. The Morgan fingerprint density at radius 1 is 1.32 bits per heavy atom. The van der Waals surface area contributed by atoms with Gasteiger partial charge in [0.2, 0.25) is 5.91 Å². The summed E-state index contributed by atoms with van der Waals surface area (Å²) in [6.45, 7) is 6.87. The zero-order valence-corrected chi connectivity index (χ0v) is 15.7. The first-order chi connectivity index (χ1) is 12.0. The average molecular weight is 348 g/mol. The maximum atomic E-state index is 12.4. The summed E-state index contributed by atoms with van der Waals surface area (Å²) in [5, 5.41) is 13.0. The minimum atomic E-state index is -0.439. The van der Waals surface area contributed by atoms with E-state index in [4.69, 9.17) is 4.74 Å². The fourth-order valence-corrected chi connectivity index (χ4v) is 3.32. The molecule has 1 aliphatic rings. The van der Waals surface area contributed by atoms with E-state index in [0.29, 0.717) is 13.2 Å². The van der Waals surface area contributed by atoms with Crippen LogP contribution in [0.3, 0.4) is 0 Å². The van der Waals surface area contributed by atoms with Crippen LogP contribution >= 0.6 is 0 Å².